The topological polar surface area (TPSA) is 98.8 Å². The van der Waals surface area contributed by atoms with Crippen molar-refractivity contribution in [1.29, 1.82) is 0 Å². The van der Waals surface area contributed by atoms with Gasteiger partial charge in [-0.15, -0.1) is 0 Å². The summed E-state index contributed by atoms with van der Waals surface area (Å²) in [5.74, 6) is 0.311. The highest BCUT2D eigenvalue weighted by atomic mass is 32.2. The minimum absolute atomic E-state index is 0.0168. The molecule has 0 radical (unpaired) electrons. The Morgan fingerprint density at radius 3 is 2.71 bits per heavy atom. The van der Waals surface area contributed by atoms with Gasteiger partial charge in [-0.1, -0.05) is 11.8 Å². The Balaban J connectivity index is 1.54. The molecule has 0 aromatic carbocycles. The lowest BCUT2D eigenvalue weighted by Crippen LogP contribution is -2.49. The van der Waals surface area contributed by atoms with Crippen LogP contribution in [0, 0.1) is 0 Å². The molecule has 1 atom stereocenters. The number of hydrogen-bond acceptors (Lipinski definition) is 5. The molecular weight excluding hydrogens is 296 g/mol. The molecule has 3 heterocycles. The van der Waals surface area contributed by atoms with Crippen molar-refractivity contribution in [2.45, 2.75) is 18.4 Å². The van der Waals surface area contributed by atoms with Crippen LogP contribution >= 0.6 is 11.8 Å². The summed E-state index contributed by atoms with van der Waals surface area (Å²) in [5.41, 5.74) is -0.966. The van der Waals surface area contributed by atoms with Gasteiger partial charge in [-0.2, -0.15) is 0 Å². The van der Waals surface area contributed by atoms with E-state index < -0.39 is 11.6 Å². The fraction of sp³-hybridized carbons (Fsp3) is 0.667. The number of nitrogens with one attached hydrogen (secondary N) is 2. The van der Waals surface area contributed by atoms with Gasteiger partial charge in [0.1, 0.15) is 5.54 Å². The van der Waals surface area contributed by atoms with E-state index in [-0.39, 0.29) is 30.0 Å². The zero-order valence-corrected chi connectivity index (χ0v) is 12.2. The van der Waals surface area contributed by atoms with E-state index in [1.54, 1.807) is 9.80 Å². The van der Waals surface area contributed by atoms with E-state index in [2.05, 4.69) is 10.6 Å². The minimum Gasteiger partial charge on any atom is -0.340 e. The number of hydrogen-bond donors (Lipinski definition) is 2. The molecule has 3 rings (SSSR count). The van der Waals surface area contributed by atoms with Gasteiger partial charge in [0.05, 0.1) is 6.54 Å². The van der Waals surface area contributed by atoms with E-state index in [0.29, 0.717) is 26.1 Å². The Hall–Kier alpha value is -1.77. The quantitative estimate of drug-likeness (QED) is 0.675. The van der Waals surface area contributed by atoms with Gasteiger partial charge in [-0.3, -0.25) is 19.7 Å². The molecule has 8 nitrogen and oxygen atoms in total. The van der Waals surface area contributed by atoms with Gasteiger partial charge in [0.25, 0.3) is 11.1 Å². The predicted molar refractivity (Wildman–Crippen MR) is 74.6 cm³/mol. The Kier molecular flexibility index (Phi) is 3.52. The van der Waals surface area contributed by atoms with Crippen LogP contribution in [0.25, 0.3) is 0 Å². The first-order valence-corrected chi connectivity index (χ1v) is 7.82. The number of imide groups is 1. The van der Waals surface area contributed by atoms with Crippen LogP contribution in [-0.4, -0.2) is 70.4 Å². The Bertz CT molecular complexity index is 525. The number of likely N-dealkylation sites (tertiary alicyclic amines) is 1. The van der Waals surface area contributed by atoms with E-state index >= 15 is 0 Å². The van der Waals surface area contributed by atoms with Crippen molar-refractivity contribution in [2.24, 2.45) is 0 Å². The Labute approximate surface area is 125 Å². The summed E-state index contributed by atoms with van der Waals surface area (Å²) in [7, 11) is 0. The third-order valence-electron chi connectivity index (χ3n) is 4.08. The number of rotatable bonds is 3. The van der Waals surface area contributed by atoms with Crippen molar-refractivity contribution in [3.8, 4) is 0 Å². The van der Waals surface area contributed by atoms with Gasteiger partial charge in [0, 0.05) is 31.8 Å². The summed E-state index contributed by atoms with van der Waals surface area (Å²) in [6, 6.07) is -0.506. The van der Waals surface area contributed by atoms with E-state index in [1.807, 2.05) is 0 Å². The maximum absolute atomic E-state index is 12.2. The minimum atomic E-state index is -0.966. The summed E-state index contributed by atoms with van der Waals surface area (Å²) in [6.45, 7) is 1.73. The average molecular weight is 312 g/mol. The molecule has 5 amide bonds. The molecule has 0 bridgehead atoms. The van der Waals surface area contributed by atoms with Crippen LogP contribution in [0.2, 0.25) is 0 Å². The summed E-state index contributed by atoms with van der Waals surface area (Å²) in [4.78, 5) is 49.9. The number of nitrogens with zero attached hydrogens (tertiary/aromatic N) is 2. The Morgan fingerprint density at radius 1 is 1.29 bits per heavy atom. The second-order valence-electron chi connectivity index (χ2n) is 5.41. The van der Waals surface area contributed by atoms with Crippen LogP contribution in [0.15, 0.2) is 0 Å². The lowest BCUT2D eigenvalue weighted by molar-refractivity contribution is -0.131. The first-order valence-electron chi connectivity index (χ1n) is 6.83. The van der Waals surface area contributed by atoms with Gasteiger partial charge >= 0.3 is 6.03 Å². The maximum atomic E-state index is 12.2. The molecule has 1 spiro atoms. The molecular formula is C12H16N4O4S. The summed E-state index contributed by atoms with van der Waals surface area (Å²) in [5, 5.41) is 4.83. The molecule has 3 aliphatic rings. The molecule has 1 unspecified atom stereocenters. The van der Waals surface area contributed by atoms with Crippen molar-refractivity contribution in [1.82, 2.24) is 20.4 Å². The van der Waals surface area contributed by atoms with Crippen molar-refractivity contribution in [3.63, 3.8) is 0 Å². The predicted octanol–water partition coefficient (Wildman–Crippen LogP) is -0.644. The van der Waals surface area contributed by atoms with Gasteiger partial charge in [0.2, 0.25) is 5.91 Å². The lowest BCUT2D eigenvalue weighted by atomic mass is 10.00. The van der Waals surface area contributed by atoms with E-state index in [9.17, 15) is 19.2 Å². The smallest absolute Gasteiger partial charge is 0.322 e. The number of carbonyl (C=O) groups excluding carboxylic acids is 4. The fourth-order valence-electron chi connectivity index (χ4n) is 2.86. The van der Waals surface area contributed by atoms with Crippen molar-refractivity contribution in [2.75, 3.05) is 31.9 Å². The highest BCUT2D eigenvalue weighted by Crippen LogP contribution is 2.25. The molecule has 9 heteroatoms. The van der Waals surface area contributed by atoms with Gasteiger partial charge < -0.3 is 15.1 Å². The SMILES string of the molecule is O=C1NC(=O)C2(CCN(C(=O)CCN3CCSC3=O)C2)N1. The highest BCUT2D eigenvalue weighted by Gasteiger charge is 2.51. The van der Waals surface area contributed by atoms with Crippen LogP contribution < -0.4 is 10.6 Å². The molecule has 0 aromatic rings. The standard InChI is InChI=1S/C12H16N4O4S/c17-8(1-3-15-5-6-21-11(15)20)16-4-2-12(7-16)9(18)13-10(19)14-12/h1-7H2,(H2,13,14,18,19). The summed E-state index contributed by atoms with van der Waals surface area (Å²) >= 11 is 1.27. The Morgan fingerprint density at radius 2 is 2.10 bits per heavy atom. The molecule has 3 aliphatic heterocycles. The monoisotopic (exact) mass is 312 g/mol. The lowest BCUT2D eigenvalue weighted by Gasteiger charge is -2.22. The second-order valence-corrected chi connectivity index (χ2v) is 6.45. The molecule has 0 aliphatic carbocycles. The molecule has 114 valence electrons. The number of thioether (sulfide) groups is 1. The molecule has 2 N–H and O–H groups in total. The maximum Gasteiger partial charge on any atom is 0.322 e. The molecule has 3 saturated heterocycles. The molecule has 0 saturated carbocycles. The number of urea groups is 1. The molecule has 21 heavy (non-hydrogen) atoms. The van der Waals surface area contributed by atoms with Crippen LogP contribution in [0.4, 0.5) is 9.59 Å². The second kappa shape index (κ2) is 5.21. The average Bonchev–Trinajstić information content (AvgIpc) is 3.10. The highest BCUT2D eigenvalue weighted by molar-refractivity contribution is 8.13. The third kappa shape index (κ3) is 2.57. The normalized spacial score (nSPS) is 28.5. The van der Waals surface area contributed by atoms with Gasteiger partial charge in [-0.25, -0.2) is 4.79 Å². The first-order chi connectivity index (χ1) is 10.00. The van der Waals surface area contributed by atoms with Crippen LogP contribution in [0.5, 0.6) is 0 Å². The summed E-state index contributed by atoms with van der Waals surface area (Å²) in [6.07, 6.45) is 0.673. The number of amides is 5. The van der Waals surface area contributed by atoms with Gasteiger partial charge in [0.15, 0.2) is 0 Å². The van der Waals surface area contributed by atoms with Crippen LogP contribution in [0.1, 0.15) is 12.8 Å². The van der Waals surface area contributed by atoms with E-state index in [4.69, 9.17) is 0 Å². The largest absolute Gasteiger partial charge is 0.340 e. The fourth-order valence-corrected chi connectivity index (χ4v) is 3.71. The zero-order chi connectivity index (χ0) is 15.0. The number of carbonyl (C=O) groups is 4. The molecule has 3 fully saturated rings. The summed E-state index contributed by atoms with van der Waals surface area (Å²) < 4.78 is 0. The van der Waals surface area contributed by atoms with Crippen molar-refractivity contribution < 1.29 is 19.2 Å². The van der Waals surface area contributed by atoms with E-state index in [1.165, 1.54) is 11.8 Å². The molecule has 0 aromatic heterocycles. The van der Waals surface area contributed by atoms with Crippen LogP contribution in [0.3, 0.4) is 0 Å². The van der Waals surface area contributed by atoms with Crippen molar-refractivity contribution >= 4 is 34.8 Å². The van der Waals surface area contributed by atoms with Gasteiger partial charge in [-0.05, 0) is 6.42 Å². The van der Waals surface area contributed by atoms with Crippen molar-refractivity contribution in [3.05, 3.63) is 0 Å². The van der Waals surface area contributed by atoms with E-state index in [0.717, 1.165) is 5.75 Å². The zero-order valence-electron chi connectivity index (χ0n) is 11.4. The first kappa shape index (κ1) is 14.2. The van der Waals surface area contributed by atoms with Crippen LogP contribution in [-0.2, 0) is 9.59 Å². The third-order valence-corrected chi connectivity index (χ3v) is 4.97.